The molecule has 0 aliphatic carbocycles. The fraction of sp³-hybridized carbons (Fsp3) is 0.300. The lowest BCUT2D eigenvalue weighted by Gasteiger charge is -1.91. The van der Waals surface area contributed by atoms with Crippen LogP contribution in [0.15, 0.2) is 22.7 Å². The molecule has 2 heterocycles. The molecule has 4 nitrogen and oxygen atoms in total. The average Bonchev–Trinajstić information content (AvgIpc) is 2.94. The van der Waals surface area contributed by atoms with Crippen molar-refractivity contribution in [3.63, 3.8) is 0 Å². The van der Waals surface area contributed by atoms with E-state index in [1.165, 1.54) is 0 Å². The average molecular weight is 250 g/mol. The number of aromatic nitrogens is 3. The molecule has 16 heavy (non-hydrogen) atoms. The Bertz CT molecular complexity index is 469. The van der Waals surface area contributed by atoms with Gasteiger partial charge in [0.15, 0.2) is 5.82 Å². The lowest BCUT2D eigenvalue weighted by molar-refractivity contribution is 0.950. The van der Waals surface area contributed by atoms with Crippen molar-refractivity contribution in [3.8, 4) is 16.8 Å². The fourth-order valence-corrected chi connectivity index (χ4v) is 2.55. The lowest BCUT2D eigenvalue weighted by Crippen LogP contribution is -1.81. The summed E-state index contributed by atoms with van der Waals surface area (Å²) in [5.41, 5.74) is 0. The normalized spacial score (nSPS) is 10.2. The maximum Gasteiger partial charge on any atom is 0.208 e. The monoisotopic (exact) mass is 250 g/mol. The van der Waals surface area contributed by atoms with E-state index in [0.29, 0.717) is 6.42 Å². The van der Waals surface area contributed by atoms with E-state index in [4.69, 9.17) is 5.26 Å². The molecule has 0 amide bonds. The van der Waals surface area contributed by atoms with Gasteiger partial charge in [-0.05, 0) is 17.9 Å². The Morgan fingerprint density at radius 1 is 1.56 bits per heavy atom. The molecule has 0 atom stereocenters. The lowest BCUT2D eigenvalue weighted by atomic mass is 10.4. The molecule has 0 aliphatic rings. The van der Waals surface area contributed by atoms with Crippen LogP contribution in [0.1, 0.15) is 12.8 Å². The molecular formula is C10H10N4S2. The highest BCUT2D eigenvalue weighted by atomic mass is 32.2. The highest BCUT2D eigenvalue weighted by molar-refractivity contribution is 7.99. The summed E-state index contributed by atoms with van der Waals surface area (Å²) in [5.74, 6) is 1.70. The molecule has 1 N–H and O–H groups in total. The molecule has 0 radical (unpaired) electrons. The van der Waals surface area contributed by atoms with Gasteiger partial charge in [0.05, 0.1) is 10.9 Å². The van der Waals surface area contributed by atoms with Crippen LogP contribution >= 0.6 is 23.1 Å². The zero-order valence-electron chi connectivity index (χ0n) is 8.51. The fourth-order valence-electron chi connectivity index (χ4n) is 1.15. The van der Waals surface area contributed by atoms with Gasteiger partial charge in [-0.25, -0.2) is 4.98 Å². The zero-order chi connectivity index (χ0) is 11.2. The van der Waals surface area contributed by atoms with Crippen LogP contribution in [0.25, 0.3) is 10.7 Å². The number of thiophene rings is 1. The van der Waals surface area contributed by atoms with Gasteiger partial charge < -0.3 is 0 Å². The Balaban J connectivity index is 1.91. The Morgan fingerprint density at radius 3 is 3.25 bits per heavy atom. The van der Waals surface area contributed by atoms with Crippen molar-refractivity contribution < 1.29 is 0 Å². The van der Waals surface area contributed by atoms with Crippen LogP contribution in [-0.2, 0) is 0 Å². The number of H-pyrrole nitrogens is 1. The first-order chi connectivity index (χ1) is 7.90. The predicted octanol–water partition coefficient (Wildman–Crippen LogP) is 2.93. The highest BCUT2D eigenvalue weighted by Crippen LogP contribution is 2.23. The van der Waals surface area contributed by atoms with E-state index >= 15 is 0 Å². The van der Waals surface area contributed by atoms with Crippen molar-refractivity contribution >= 4 is 23.1 Å². The van der Waals surface area contributed by atoms with E-state index in [-0.39, 0.29) is 0 Å². The standard InChI is InChI=1S/C10H10N4S2/c11-5-1-2-6-16-10-12-9(13-14-10)8-4-3-7-15-8/h3-4,7H,1-2,6H2,(H,12,13,14). The molecule has 0 unspecified atom stereocenters. The first-order valence-corrected chi connectivity index (χ1v) is 6.72. The Hall–Kier alpha value is -1.32. The van der Waals surface area contributed by atoms with Crippen LogP contribution in [0.3, 0.4) is 0 Å². The second kappa shape index (κ2) is 5.68. The molecule has 82 valence electrons. The molecule has 6 heteroatoms. The van der Waals surface area contributed by atoms with Crippen LogP contribution in [0, 0.1) is 11.3 Å². The summed E-state index contributed by atoms with van der Waals surface area (Å²) >= 11 is 3.21. The van der Waals surface area contributed by atoms with Gasteiger partial charge in [-0.3, -0.25) is 5.10 Å². The maximum absolute atomic E-state index is 8.40. The smallest absolute Gasteiger partial charge is 0.208 e. The Kier molecular flexibility index (Phi) is 3.97. The molecular weight excluding hydrogens is 240 g/mol. The second-order valence-electron chi connectivity index (χ2n) is 3.05. The van der Waals surface area contributed by atoms with Crippen LogP contribution < -0.4 is 0 Å². The number of thioether (sulfide) groups is 1. The number of nitriles is 1. The Morgan fingerprint density at radius 2 is 2.50 bits per heavy atom. The van der Waals surface area contributed by atoms with Gasteiger partial charge in [-0.2, -0.15) is 5.26 Å². The molecule has 0 saturated carbocycles. The summed E-state index contributed by atoms with van der Waals surface area (Å²) in [4.78, 5) is 5.47. The molecule has 0 spiro atoms. The molecule has 0 bridgehead atoms. The largest absolute Gasteiger partial charge is 0.257 e. The highest BCUT2D eigenvalue weighted by Gasteiger charge is 2.06. The van der Waals surface area contributed by atoms with Crippen LogP contribution in [0.4, 0.5) is 0 Å². The second-order valence-corrected chi connectivity index (χ2v) is 5.06. The van der Waals surface area contributed by atoms with Gasteiger partial charge in [-0.1, -0.05) is 17.8 Å². The number of rotatable bonds is 5. The summed E-state index contributed by atoms with van der Waals surface area (Å²) in [5, 5.41) is 18.2. The molecule has 2 aromatic rings. The number of hydrogen-bond donors (Lipinski definition) is 1. The van der Waals surface area contributed by atoms with Gasteiger partial charge in [0.25, 0.3) is 0 Å². The van der Waals surface area contributed by atoms with Crippen molar-refractivity contribution in [2.75, 3.05) is 5.75 Å². The SMILES string of the molecule is N#CCCCSc1n[nH]c(-c2cccs2)n1. The van der Waals surface area contributed by atoms with Gasteiger partial charge in [-0.15, -0.1) is 16.4 Å². The minimum absolute atomic E-state index is 0.592. The quantitative estimate of drug-likeness (QED) is 0.654. The van der Waals surface area contributed by atoms with E-state index in [9.17, 15) is 0 Å². The zero-order valence-corrected chi connectivity index (χ0v) is 10.1. The summed E-state index contributed by atoms with van der Waals surface area (Å²) in [6.45, 7) is 0. The summed E-state index contributed by atoms with van der Waals surface area (Å²) in [6.07, 6.45) is 1.47. The third kappa shape index (κ3) is 2.84. The van der Waals surface area contributed by atoms with E-state index in [1.807, 2.05) is 17.5 Å². The molecule has 0 saturated heterocycles. The first-order valence-electron chi connectivity index (χ1n) is 4.86. The minimum Gasteiger partial charge on any atom is -0.257 e. The van der Waals surface area contributed by atoms with Crippen molar-refractivity contribution in [1.82, 2.24) is 15.2 Å². The number of nitrogens with zero attached hydrogens (tertiary/aromatic N) is 3. The van der Waals surface area contributed by atoms with E-state index in [2.05, 4.69) is 21.3 Å². The minimum atomic E-state index is 0.592. The number of unbranched alkanes of at least 4 members (excludes halogenated alkanes) is 1. The van der Waals surface area contributed by atoms with Crippen molar-refractivity contribution in [3.05, 3.63) is 17.5 Å². The van der Waals surface area contributed by atoms with E-state index in [1.54, 1.807) is 23.1 Å². The summed E-state index contributed by atoms with van der Waals surface area (Å²) in [6, 6.07) is 6.12. The van der Waals surface area contributed by atoms with Crippen LogP contribution in [0.5, 0.6) is 0 Å². The predicted molar refractivity (Wildman–Crippen MR) is 65.3 cm³/mol. The molecule has 2 aromatic heterocycles. The van der Waals surface area contributed by atoms with Crippen molar-refractivity contribution in [1.29, 1.82) is 5.26 Å². The van der Waals surface area contributed by atoms with Crippen molar-refractivity contribution in [2.24, 2.45) is 0 Å². The van der Waals surface area contributed by atoms with E-state index in [0.717, 1.165) is 28.0 Å². The molecule has 2 rings (SSSR count). The van der Waals surface area contributed by atoms with Gasteiger partial charge in [0.2, 0.25) is 5.16 Å². The number of hydrogen-bond acceptors (Lipinski definition) is 5. The topological polar surface area (TPSA) is 65.4 Å². The van der Waals surface area contributed by atoms with Gasteiger partial charge >= 0.3 is 0 Å². The third-order valence-electron chi connectivity index (χ3n) is 1.88. The third-order valence-corrected chi connectivity index (χ3v) is 3.69. The number of nitrogens with one attached hydrogen (secondary N) is 1. The van der Waals surface area contributed by atoms with Gasteiger partial charge in [0.1, 0.15) is 0 Å². The molecule has 0 fully saturated rings. The summed E-state index contributed by atoms with van der Waals surface area (Å²) < 4.78 is 0. The number of aromatic amines is 1. The van der Waals surface area contributed by atoms with Crippen LogP contribution in [-0.4, -0.2) is 20.9 Å². The van der Waals surface area contributed by atoms with E-state index < -0.39 is 0 Å². The van der Waals surface area contributed by atoms with Gasteiger partial charge in [0, 0.05) is 12.2 Å². The molecule has 0 aromatic carbocycles. The maximum atomic E-state index is 8.40. The summed E-state index contributed by atoms with van der Waals surface area (Å²) in [7, 11) is 0. The first kappa shape index (κ1) is 11.2. The Labute approximate surface area is 102 Å². The van der Waals surface area contributed by atoms with Crippen molar-refractivity contribution in [2.45, 2.75) is 18.0 Å². The molecule has 0 aliphatic heterocycles. The van der Waals surface area contributed by atoms with Crippen LogP contribution in [0.2, 0.25) is 0 Å².